The van der Waals surface area contributed by atoms with E-state index in [4.69, 9.17) is 4.74 Å². The van der Waals surface area contributed by atoms with Crippen LogP contribution in [0.25, 0.3) is 0 Å². The number of benzene rings is 1. The average Bonchev–Trinajstić information content (AvgIpc) is 2.74. The van der Waals surface area contributed by atoms with Crippen molar-refractivity contribution in [3.8, 4) is 5.75 Å². The van der Waals surface area contributed by atoms with Crippen molar-refractivity contribution >= 4 is 15.7 Å². The molecule has 3 rings (SSSR count). The van der Waals surface area contributed by atoms with Crippen molar-refractivity contribution in [3.05, 3.63) is 30.3 Å². The summed E-state index contributed by atoms with van der Waals surface area (Å²) in [5.41, 5.74) is 0. The van der Waals surface area contributed by atoms with E-state index >= 15 is 0 Å². The molecule has 2 heterocycles. The smallest absolute Gasteiger partial charge is 0.261 e. The molecule has 1 amide bonds. The maximum absolute atomic E-state index is 12.4. The van der Waals surface area contributed by atoms with Crippen molar-refractivity contribution in [3.63, 3.8) is 0 Å². The zero-order valence-corrected chi connectivity index (χ0v) is 13.5. The monoisotopic (exact) mass is 323 g/mol. The van der Waals surface area contributed by atoms with Crippen molar-refractivity contribution in [2.75, 3.05) is 12.9 Å². The number of ether oxygens (including phenoxy) is 1. The molecule has 1 aromatic carbocycles. The summed E-state index contributed by atoms with van der Waals surface area (Å²) < 4.78 is 29.1. The molecular weight excluding hydrogens is 302 g/mol. The fourth-order valence-electron chi connectivity index (χ4n) is 3.62. The summed E-state index contributed by atoms with van der Waals surface area (Å²) in [6.45, 7) is 0.0144. The van der Waals surface area contributed by atoms with Crippen LogP contribution >= 0.6 is 0 Å². The summed E-state index contributed by atoms with van der Waals surface area (Å²) in [6, 6.07) is 9.35. The number of fused-ring (bicyclic) bond motifs is 2. The normalized spacial score (nSPS) is 27.7. The van der Waals surface area contributed by atoms with Gasteiger partial charge in [0.25, 0.3) is 5.91 Å². The fourth-order valence-corrected chi connectivity index (χ4v) is 4.76. The molecule has 2 fully saturated rings. The third-order valence-electron chi connectivity index (χ3n) is 4.69. The molecule has 2 aliphatic heterocycles. The topological polar surface area (TPSA) is 63.7 Å². The Kier molecular flexibility index (Phi) is 4.12. The van der Waals surface area contributed by atoms with Crippen LogP contribution in [0.1, 0.15) is 25.7 Å². The zero-order valence-electron chi connectivity index (χ0n) is 12.6. The van der Waals surface area contributed by atoms with Gasteiger partial charge in [-0.25, -0.2) is 8.42 Å². The minimum Gasteiger partial charge on any atom is -0.484 e. The first kappa shape index (κ1) is 15.3. The highest BCUT2D eigenvalue weighted by molar-refractivity contribution is 7.91. The molecule has 0 saturated carbocycles. The van der Waals surface area contributed by atoms with Gasteiger partial charge < -0.3 is 9.64 Å². The standard InChI is InChI=1S/C16H21NO4S/c1-22(19,20)15-9-12-7-8-13(10-15)17(12)16(18)11-21-14-5-3-2-4-6-14/h2-6,12-13,15H,7-11H2,1H3. The quantitative estimate of drug-likeness (QED) is 0.845. The van der Waals surface area contributed by atoms with Gasteiger partial charge in [0.15, 0.2) is 6.61 Å². The Morgan fingerprint density at radius 2 is 1.77 bits per heavy atom. The van der Waals surface area contributed by atoms with Gasteiger partial charge in [0.2, 0.25) is 0 Å². The van der Waals surface area contributed by atoms with Gasteiger partial charge in [-0.1, -0.05) is 18.2 Å². The maximum Gasteiger partial charge on any atom is 0.261 e. The van der Waals surface area contributed by atoms with E-state index in [0.717, 1.165) is 12.8 Å². The van der Waals surface area contributed by atoms with E-state index in [9.17, 15) is 13.2 Å². The Morgan fingerprint density at radius 1 is 1.18 bits per heavy atom. The first-order valence-electron chi connectivity index (χ1n) is 7.63. The van der Waals surface area contributed by atoms with Gasteiger partial charge in [0.1, 0.15) is 15.6 Å². The maximum atomic E-state index is 12.4. The molecule has 0 aromatic heterocycles. The predicted octanol–water partition coefficient (Wildman–Crippen LogP) is 1.63. The molecule has 2 saturated heterocycles. The van der Waals surface area contributed by atoms with E-state index < -0.39 is 9.84 Å². The molecule has 2 atom stereocenters. The van der Waals surface area contributed by atoms with Crippen LogP contribution in [-0.4, -0.2) is 49.4 Å². The van der Waals surface area contributed by atoms with Gasteiger partial charge in [0, 0.05) is 18.3 Å². The number of nitrogens with zero attached hydrogens (tertiary/aromatic N) is 1. The van der Waals surface area contributed by atoms with Crippen LogP contribution in [0.4, 0.5) is 0 Å². The van der Waals surface area contributed by atoms with Crippen LogP contribution in [0.3, 0.4) is 0 Å². The van der Waals surface area contributed by atoms with E-state index in [2.05, 4.69) is 0 Å². The summed E-state index contributed by atoms with van der Waals surface area (Å²) in [4.78, 5) is 14.3. The third kappa shape index (κ3) is 3.11. The van der Waals surface area contributed by atoms with Crippen molar-refractivity contribution in [2.45, 2.75) is 43.0 Å². The highest BCUT2D eigenvalue weighted by Crippen LogP contribution is 2.38. The minimum absolute atomic E-state index is 0.0144. The van der Waals surface area contributed by atoms with Crippen LogP contribution < -0.4 is 4.74 Å². The van der Waals surface area contributed by atoms with E-state index in [1.165, 1.54) is 6.26 Å². The van der Waals surface area contributed by atoms with E-state index in [1.807, 2.05) is 35.2 Å². The van der Waals surface area contributed by atoms with E-state index in [1.54, 1.807) is 0 Å². The molecule has 1 aromatic rings. The Labute approximate surface area is 131 Å². The number of carbonyl (C=O) groups excluding carboxylic acids is 1. The van der Waals surface area contributed by atoms with Crippen molar-refractivity contribution in [2.24, 2.45) is 0 Å². The molecule has 2 aliphatic rings. The second kappa shape index (κ2) is 5.91. The molecule has 0 radical (unpaired) electrons. The van der Waals surface area contributed by atoms with Gasteiger partial charge in [-0.15, -0.1) is 0 Å². The summed E-state index contributed by atoms with van der Waals surface area (Å²) in [5.74, 6) is 0.637. The molecular formula is C16H21NO4S. The van der Waals surface area contributed by atoms with Gasteiger partial charge in [-0.05, 0) is 37.8 Å². The Morgan fingerprint density at radius 3 is 2.32 bits per heavy atom. The Bertz CT molecular complexity index is 629. The molecule has 2 unspecified atom stereocenters. The lowest BCUT2D eigenvalue weighted by Gasteiger charge is -2.38. The van der Waals surface area contributed by atoms with Gasteiger partial charge >= 0.3 is 0 Å². The van der Waals surface area contributed by atoms with E-state index in [-0.39, 0.29) is 29.8 Å². The second-order valence-corrected chi connectivity index (χ2v) is 8.54. The summed E-state index contributed by atoms with van der Waals surface area (Å²) in [6.07, 6.45) is 4.22. The SMILES string of the molecule is CS(=O)(=O)C1CC2CCC(C1)N2C(=O)COc1ccccc1. The van der Waals surface area contributed by atoms with Crippen LogP contribution in [-0.2, 0) is 14.6 Å². The van der Waals surface area contributed by atoms with Crippen LogP contribution in [0.15, 0.2) is 30.3 Å². The third-order valence-corrected chi connectivity index (χ3v) is 6.28. The number of hydrogen-bond acceptors (Lipinski definition) is 4. The lowest BCUT2D eigenvalue weighted by molar-refractivity contribution is -0.137. The lowest BCUT2D eigenvalue weighted by atomic mass is 10.0. The molecule has 0 aliphatic carbocycles. The largest absolute Gasteiger partial charge is 0.484 e. The molecule has 6 heteroatoms. The second-order valence-electron chi connectivity index (χ2n) is 6.21. The van der Waals surface area contributed by atoms with Gasteiger partial charge in [-0.3, -0.25) is 4.79 Å². The average molecular weight is 323 g/mol. The number of para-hydroxylation sites is 1. The molecule has 22 heavy (non-hydrogen) atoms. The summed E-state index contributed by atoms with van der Waals surface area (Å²) in [7, 11) is -3.03. The molecule has 0 spiro atoms. The summed E-state index contributed by atoms with van der Waals surface area (Å²) in [5, 5.41) is -0.302. The predicted molar refractivity (Wildman–Crippen MR) is 83.5 cm³/mol. The van der Waals surface area contributed by atoms with Gasteiger partial charge in [-0.2, -0.15) is 0 Å². The lowest BCUT2D eigenvalue weighted by Crippen LogP contribution is -2.51. The van der Waals surface area contributed by atoms with Crippen LogP contribution in [0.2, 0.25) is 0 Å². The number of rotatable bonds is 4. The first-order chi connectivity index (χ1) is 10.4. The first-order valence-corrected chi connectivity index (χ1v) is 9.58. The number of amides is 1. The molecule has 120 valence electrons. The zero-order chi connectivity index (χ0) is 15.7. The van der Waals surface area contributed by atoms with Crippen LogP contribution in [0.5, 0.6) is 5.75 Å². The highest BCUT2D eigenvalue weighted by atomic mass is 32.2. The molecule has 2 bridgehead atoms. The number of piperidine rings is 1. The van der Waals surface area contributed by atoms with Crippen molar-refractivity contribution in [1.82, 2.24) is 4.90 Å². The molecule has 5 nitrogen and oxygen atoms in total. The number of carbonyl (C=O) groups is 1. The van der Waals surface area contributed by atoms with Crippen molar-refractivity contribution < 1.29 is 17.9 Å². The highest BCUT2D eigenvalue weighted by Gasteiger charge is 2.45. The minimum atomic E-state index is -3.03. The van der Waals surface area contributed by atoms with Gasteiger partial charge in [0.05, 0.1) is 5.25 Å². The fraction of sp³-hybridized carbons (Fsp3) is 0.562. The van der Waals surface area contributed by atoms with Crippen LogP contribution in [0, 0.1) is 0 Å². The summed E-state index contributed by atoms with van der Waals surface area (Å²) >= 11 is 0. The number of hydrogen-bond donors (Lipinski definition) is 0. The number of sulfone groups is 1. The van der Waals surface area contributed by atoms with E-state index in [0.29, 0.717) is 18.6 Å². The molecule has 0 N–H and O–H groups in total. The Hall–Kier alpha value is -1.56. The van der Waals surface area contributed by atoms with Crippen molar-refractivity contribution in [1.29, 1.82) is 0 Å². The Balaban J connectivity index is 1.63.